The SMILES string of the molecule is CC(C)(C)[Si](OCC1CN(C(=O)O)CCN1c1nc(OCCCN2CCOCC2)nc2c1CCNC2)(c1ccccc1)c1ccccc1. The minimum atomic E-state index is -2.86. The number of rotatable bonds is 11. The molecule has 6 rings (SSSR count). The molecule has 3 aliphatic heterocycles. The molecule has 258 valence electrons. The smallest absolute Gasteiger partial charge is 0.407 e. The molecule has 1 aromatic heterocycles. The normalized spacial score (nSPS) is 19.2. The predicted molar refractivity (Wildman–Crippen MR) is 189 cm³/mol. The van der Waals surface area contributed by atoms with Crippen molar-refractivity contribution in [2.24, 2.45) is 0 Å². The number of carbonyl (C=O) groups is 1. The first-order valence-corrected chi connectivity index (χ1v) is 19.2. The number of benzene rings is 2. The second kappa shape index (κ2) is 15.3. The van der Waals surface area contributed by atoms with Crippen LogP contribution in [0.1, 0.15) is 38.4 Å². The first-order valence-electron chi connectivity index (χ1n) is 17.3. The van der Waals surface area contributed by atoms with Gasteiger partial charge in [-0.25, -0.2) is 4.79 Å². The average Bonchev–Trinajstić information content (AvgIpc) is 3.11. The lowest BCUT2D eigenvalue weighted by Crippen LogP contribution is -2.68. The first-order chi connectivity index (χ1) is 23.3. The molecule has 1 atom stereocenters. The van der Waals surface area contributed by atoms with Crippen molar-refractivity contribution in [1.29, 1.82) is 0 Å². The summed E-state index contributed by atoms with van der Waals surface area (Å²) in [5.41, 5.74) is 2.05. The predicted octanol–water partition coefficient (Wildman–Crippen LogP) is 2.97. The van der Waals surface area contributed by atoms with Crippen LogP contribution < -0.4 is 25.3 Å². The van der Waals surface area contributed by atoms with Gasteiger partial charge in [-0.2, -0.15) is 9.97 Å². The summed E-state index contributed by atoms with van der Waals surface area (Å²) in [4.78, 5) is 28.4. The van der Waals surface area contributed by atoms with Gasteiger partial charge in [0, 0.05) is 51.4 Å². The van der Waals surface area contributed by atoms with Crippen molar-refractivity contribution in [3.05, 3.63) is 71.9 Å². The number of nitrogens with one attached hydrogen (secondary N) is 1. The maximum absolute atomic E-state index is 12.3. The summed E-state index contributed by atoms with van der Waals surface area (Å²) < 4.78 is 19.1. The standard InChI is InChI=1S/C36H50N6O5Si/c1-36(2,3)48(29-11-6-4-7-12-29,30-13-8-5-9-14-30)47-27-28-26-41(35(43)44)18-19-42(28)33-31-15-16-37-25-32(31)38-34(39-33)46-22-10-17-40-20-23-45-24-21-40/h4-9,11-14,28,37H,10,15-27H2,1-3H3,(H,43,44). The van der Waals surface area contributed by atoms with Gasteiger partial charge in [-0.05, 0) is 34.8 Å². The quantitative estimate of drug-likeness (QED) is 0.233. The Bertz CT molecular complexity index is 1460. The number of morpholine rings is 1. The zero-order chi connectivity index (χ0) is 33.6. The topological polar surface area (TPSA) is 113 Å². The average molecular weight is 675 g/mol. The largest absolute Gasteiger partial charge is 0.465 e. The summed E-state index contributed by atoms with van der Waals surface area (Å²) in [5.74, 6) is 0.839. The molecule has 1 amide bonds. The van der Waals surface area contributed by atoms with E-state index in [2.05, 4.69) is 84.4 Å². The molecule has 0 bridgehead atoms. The third kappa shape index (κ3) is 7.52. The maximum atomic E-state index is 12.3. The van der Waals surface area contributed by atoms with Gasteiger partial charge in [0.2, 0.25) is 0 Å². The molecule has 2 N–H and O–H groups in total. The summed E-state index contributed by atoms with van der Waals surface area (Å²) in [5, 5.41) is 15.7. The highest BCUT2D eigenvalue weighted by Crippen LogP contribution is 2.37. The number of amides is 1. The molecular formula is C36H50N6O5Si. The molecule has 0 spiro atoms. The Morgan fingerprint density at radius 1 is 1.00 bits per heavy atom. The van der Waals surface area contributed by atoms with E-state index in [9.17, 15) is 9.90 Å². The molecule has 2 saturated heterocycles. The van der Waals surface area contributed by atoms with E-state index >= 15 is 0 Å². The van der Waals surface area contributed by atoms with Crippen LogP contribution in [0.5, 0.6) is 6.01 Å². The van der Waals surface area contributed by atoms with E-state index in [-0.39, 0.29) is 11.1 Å². The van der Waals surface area contributed by atoms with Crippen molar-refractivity contribution < 1.29 is 23.8 Å². The Morgan fingerprint density at radius 2 is 1.69 bits per heavy atom. The fourth-order valence-corrected chi connectivity index (χ4v) is 11.9. The molecule has 11 nitrogen and oxygen atoms in total. The Morgan fingerprint density at radius 3 is 2.33 bits per heavy atom. The van der Waals surface area contributed by atoms with Gasteiger partial charge in [0.15, 0.2) is 0 Å². The first kappa shape index (κ1) is 34.3. The van der Waals surface area contributed by atoms with Gasteiger partial charge in [0.25, 0.3) is 8.32 Å². The summed E-state index contributed by atoms with van der Waals surface area (Å²) in [6, 6.07) is 21.3. The molecule has 0 radical (unpaired) electrons. The van der Waals surface area contributed by atoms with Crippen molar-refractivity contribution in [2.45, 2.75) is 51.2 Å². The van der Waals surface area contributed by atoms with E-state index in [1.807, 2.05) is 12.1 Å². The van der Waals surface area contributed by atoms with Gasteiger partial charge in [-0.3, -0.25) is 4.90 Å². The summed E-state index contributed by atoms with van der Waals surface area (Å²) in [7, 11) is -2.86. The Hall–Kier alpha value is -3.55. The van der Waals surface area contributed by atoms with Crippen molar-refractivity contribution in [3.8, 4) is 6.01 Å². The molecule has 1 unspecified atom stereocenters. The molecule has 3 aromatic rings. The number of ether oxygens (including phenoxy) is 2. The van der Waals surface area contributed by atoms with Crippen LogP contribution in [-0.2, 0) is 22.1 Å². The molecule has 48 heavy (non-hydrogen) atoms. The van der Waals surface area contributed by atoms with Crippen LogP contribution in [0.15, 0.2) is 60.7 Å². The van der Waals surface area contributed by atoms with Crippen LogP contribution in [0.4, 0.5) is 10.6 Å². The third-order valence-corrected chi connectivity index (χ3v) is 14.8. The van der Waals surface area contributed by atoms with E-state index in [0.717, 1.165) is 69.3 Å². The fourth-order valence-electron chi connectivity index (χ4n) is 7.33. The van der Waals surface area contributed by atoms with Crippen molar-refractivity contribution in [3.63, 3.8) is 0 Å². The number of fused-ring (bicyclic) bond motifs is 1. The lowest BCUT2D eigenvalue weighted by Gasteiger charge is -2.47. The summed E-state index contributed by atoms with van der Waals surface area (Å²) in [6.45, 7) is 14.8. The van der Waals surface area contributed by atoms with E-state index < -0.39 is 14.4 Å². The zero-order valence-electron chi connectivity index (χ0n) is 28.6. The Balaban J connectivity index is 1.30. The van der Waals surface area contributed by atoms with Gasteiger partial charge in [-0.1, -0.05) is 81.4 Å². The maximum Gasteiger partial charge on any atom is 0.407 e. The van der Waals surface area contributed by atoms with Crippen LogP contribution in [0.3, 0.4) is 0 Å². The van der Waals surface area contributed by atoms with E-state index in [0.29, 0.717) is 45.4 Å². The van der Waals surface area contributed by atoms with Gasteiger partial charge < -0.3 is 34.1 Å². The van der Waals surface area contributed by atoms with Gasteiger partial charge in [0.05, 0.1) is 38.2 Å². The van der Waals surface area contributed by atoms with Crippen LogP contribution in [0.25, 0.3) is 0 Å². The molecule has 3 aliphatic rings. The van der Waals surface area contributed by atoms with Gasteiger partial charge in [-0.15, -0.1) is 0 Å². The molecule has 4 heterocycles. The molecule has 0 aliphatic carbocycles. The second-order valence-corrected chi connectivity index (χ2v) is 18.2. The number of piperazine rings is 1. The molecule has 2 aromatic carbocycles. The van der Waals surface area contributed by atoms with E-state index in [4.69, 9.17) is 23.9 Å². The molecular weight excluding hydrogens is 625 g/mol. The lowest BCUT2D eigenvalue weighted by molar-refractivity contribution is 0.0356. The van der Waals surface area contributed by atoms with E-state index in [1.54, 1.807) is 0 Å². The number of hydrogen-bond donors (Lipinski definition) is 2. The number of hydrogen-bond acceptors (Lipinski definition) is 9. The van der Waals surface area contributed by atoms with Gasteiger partial charge >= 0.3 is 12.1 Å². The Kier molecular flexibility index (Phi) is 11.0. The molecule has 12 heteroatoms. The lowest BCUT2D eigenvalue weighted by atomic mass is 10.0. The molecule has 0 saturated carbocycles. The highest BCUT2D eigenvalue weighted by atomic mass is 28.4. The number of anilines is 1. The van der Waals surface area contributed by atoms with E-state index in [1.165, 1.54) is 15.3 Å². The monoisotopic (exact) mass is 674 g/mol. The van der Waals surface area contributed by atoms with Crippen molar-refractivity contribution in [2.75, 3.05) is 77.1 Å². The summed E-state index contributed by atoms with van der Waals surface area (Å²) in [6.07, 6.45) is 0.757. The fraction of sp³-hybridized carbons (Fsp3) is 0.528. The van der Waals surface area contributed by atoms with Crippen molar-refractivity contribution in [1.82, 2.24) is 25.1 Å². The van der Waals surface area contributed by atoms with Crippen molar-refractivity contribution >= 4 is 30.6 Å². The number of carboxylic acid groups (broad SMARTS) is 1. The highest BCUT2D eigenvalue weighted by Gasteiger charge is 2.51. The van der Waals surface area contributed by atoms with Gasteiger partial charge in [0.1, 0.15) is 5.82 Å². The second-order valence-electron chi connectivity index (χ2n) is 13.9. The minimum absolute atomic E-state index is 0.205. The highest BCUT2D eigenvalue weighted by molar-refractivity contribution is 6.99. The number of nitrogens with zero attached hydrogens (tertiary/aromatic N) is 5. The Labute approximate surface area is 285 Å². The third-order valence-electron chi connectivity index (χ3n) is 9.78. The van der Waals surface area contributed by atoms with Crippen LogP contribution in [0.2, 0.25) is 5.04 Å². The van der Waals surface area contributed by atoms with Crippen LogP contribution in [0, 0.1) is 0 Å². The summed E-state index contributed by atoms with van der Waals surface area (Å²) >= 11 is 0. The van der Waals surface area contributed by atoms with Crippen LogP contribution in [-0.4, -0.2) is 118 Å². The minimum Gasteiger partial charge on any atom is -0.465 e. The van der Waals surface area contributed by atoms with Crippen LogP contribution >= 0.6 is 0 Å². The zero-order valence-corrected chi connectivity index (χ0v) is 29.6. The number of aromatic nitrogens is 2. The molecule has 2 fully saturated rings.